The maximum atomic E-state index is 6.26. The second-order valence-electron chi connectivity index (χ2n) is 4.08. The third-order valence-corrected chi connectivity index (χ3v) is 4.30. The summed E-state index contributed by atoms with van der Waals surface area (Å²) in [5.41, 5.74) is 8.73. The van der Waals surface area contributed by atoms with Gasteiger partial charge < -0.3 is 10.7 Å². The van der Waals surface area contributed by atoms with Crippen molar-refractivity contribution in [2.45, 2.75) is 0 Å². The number of hydrogen-bond donors (Lipinski definition) is 2. The van der Waals surface area contributed by atoms with Crippen molar-refractivity contribution in [1.29, 1.82) is 0 Å². The maximum absolute atomic E-state index is 6.26. The minimum Gasteiger partial charge on any atom is -0.397 e. The number of rotatable bonds is 1. The number of nitrogens with two attached hydrogens (primary N) is 1. The van der Waals surface area contributed by atoms with Crippen molar-refractivity contribution >= 4 is 55.9 Å². The van der Waals surface area contributed by atoms with E-state index < -0.39 is 0 Å². The van der Waals surface area contributed by atoms with E-state index in [2.05, 4.69) is 25.9 Å². The fourth-order valence-corrected chi connectivity index (χ4v) is 2.73. The van der Waals surface area contributed by atoms with Gasteiger partial charge in [0.25, 0.3) is 0 Å². The quantitative estimate of drug-likeness (QED) is 0.610. The Morgan fingerprint density at radius 1 is 1.21 bits per heavy atom. The lowest BCUT2D eigenvalue weighted by Gasteiger charge is -2.01. The first kappa shape index (κ1) is 12.8. The first-order valence-corrected chi connectivity index (χ1v) is 7.00. The number of aromatic nitrogens is 2. The molecule has 0 saturated carbocycles. The predicted octanol–water partition coefficient (Wildman–Crippen LogP) is 4.88. The van der Waals surface area contributed by atoms with Crippen LogP contribution >= 0.6 is 39.1 Å². The summed E-state index contributed by atoms with van der Waals surface area (Å²) < 4.78 is 0.818. The number of nitrogens with one attached hydrogen (secondary N) is 1. The largest absolute Gasteiger partial charge is 0.397 e. The number of H-pyrrole nitrogens is 1. The highest BCUT2D eigenvalue weighted by Crippen LogP contribution is 2.34. The number of imidazole rings is 1. The molecular weight excluding hydrogens is 349 g/mol. The lowest BCUT2D eigenvalue weighted by Crippen LogP contribution is -1.86. The van der Waals surface area contributed by atoms with Crippen LogP contribution in [0.4, 0.5) is 5.69 Å². The number of nitrogen functional groups attached to an aromatic ring is 1. The van der Waals surface area contributed by atoms with Crippen molar-refractivity contribution < 1.29 is 0 Å². The van der Waals surface area contributed by atoms with Gasteiger partial charge in [-0.1, -0.05) is 29.3 Å². The van der Waals surface area contributed by atoms with Gasteiger partial charge in [-0.15, -0.1) is 0 Å². The van der Waals surface area contributed by atoms with Crippen LogP contribution in [0.1, 0.15) is 0 Å². The first-order valence-electron chi connectivity index (χ1n) is 5.45. The van der Waals surface area contributed by atoms with Crippen molar-refractivity contribution in [2.24, 2.45) is 0 Å². The molecule has 0 aliphatic heterocycles. The van der Waals surface area contributed by atoms with Gasteiger partial charge in [-0.25, -0.2) is 4.98 Å². The molecule has 1 heterocycles. The van der Waals surface area contributed by atoms with Crippen molar-refractivity contribution in [3.8, 4) is 11.4 Å². The van der Waals surface area contributed by atoms with Gasteiger partial charge >= 0.3 is 0 Å². The van der Waals surface area contributed by atoms with Crippen molar-refractivity contribution in [3.63, 3.8) is 0 Å². The molecule has 3 aromatic rings. The lowest BCUT2D eigenvalue weighted by molar-refractivity contribution is 1.33. The zero-order chi connectivity index (χ0) is 13.6. The predicted molar refractivity (Wildman–Crippen MR) is 83.7 cm³/mol. The summed E-state index contributed by atoms with van der Waals surface area (Å²) in [5, 5.41) is 1.17. The van der Waals surface area contributed by atoms with Gasteiger partial charge in [-0.3, -0.25) is 0 Å². The molecule has 2 aromatic carbocycles. The summed E-state index contributed by atoms with van der Waals surface area (Å²) in [6, 6.07) is 9.13. The molecule has 3 rings (SSSR count). The number of benzene rings is 2. The molecule has 0 unspecified atom stereocenters. The summed E-state index contributed by atoms with van der Waals surface area (Å²) in [5.74, 6) is 0.662. The summed E-state index contributed by atoms with van der Waals surface area (Å²) in [7, 11) is 0. The molecule has 3 N–H and O–H groups in total. The van der Waals surface area contributed by atoms with E-state index in [9.17, 15) is 0 Å². The number of nitrogens with zero attached hydrogens (tertiary/aromatic N) is 1. The number of aromatic amines is 1. The molecule has 0 amide bonds. The standard InChI is InChI=1S/C13H8BrCl2N3/c14-8-3-1-2-7(11(8)16)13-18-10-5-6(15)4-9(17)12(10)19-13/h1-5H,17H2,(H,18,19). The second-order valence-corrected chi connectivity index (χ2v) is 5.75. The number of anilines is 1. The number of hydrogen-bond acceptors (Lipinski definition) is 2. The van der Waals surface area contributed by atoms with E-state index in [0.717, 1.165) is 15.6 Å². The molecule has 6 heteroatoms. The van der Waals surface area contributed by atoms with Crippen LogP contribution in [0.2, 0.25) is 10.0 Å². The molecule has 3 nitrogen and oxygen atoms in total. The Bertz CT molecular complexity index is 783. The third-order valence-electron chi connectivity index (χ3n) is 2.79. The van der Waals surface area contributed by atoms with Crippen LogP contribution in [0, 0.1) is 0 Å². The lowest BCUT2D eigenvalue weighted by atomic mass is 10.2. The van der Waals surface area contributed by atoms with E-state index in [4.69, 9.17) is 28.9 Å². The highest BCUT2D eigenvalue weighted by atomic mass is 79.9. The van der Waals surface area contributed by atoms with Crippen LogP contribution in [0.5, 0.6) is 0 Å². The fraction of sp³-hybridized carbons (Fsp3) is 0. The maximum Gasteiger partial charge on any atom is 0.140 e. The Morgan fingerprint density at radius 2 is 2.00 bits per heavy atom. The zero-order valence-electron chi connectivity index (χ0n) is 9.55. The van der Waals surface area contributed by atoms with Crippen molar-refractivity contribution in [3.05, 3.63) is 44.8 Å². The van der Waals surface area contributed by atoms with Crippen LogP contribution in [0.3, 0.4) is 0 Å². The number of fused-ring (bicyclic) bond motifs is 1. The van der Waals surface area contributed by atoms with Crippen LogP contribution in [-0.4, -0.2) is 9.97 Å². The molecule has 0 bridgehead atoms. The normalized spacial score (nSPS) is 11.1. The minimum absolute atomic E-state index is 0.538. The monoisotopic (exact) mass is 355 g/mol. The van der Waals surface area contributed by atoms with Gasteiger partial charge in [0.1, 0.15) is 11.3 Å². The SMILES string of the molecule is Nc1cc(Cl)cc2[nH]c(-c3cccc(Br)c3Cl)nc12. The smallest absolute Gasteiger partial charge is 0.140 e. The van der Waals surface area contributed by atoms with Crippen LogP contribution in [0.15, 0.2) is 34.8 Å². The Labute approximate surface area is 127 Å². The summed E-state index contributed by atoms with van der Waals surface area (Å²) in [4.78, 5) is 7.66. The minimum atomic E-state index is 0.538. The molecule has 0 fully saturated rings. The second kappa shape index (κ2) is 4.71. The van der Waals surface area contributed by atoms with Crippen molar-refractivity contribution in [2.75, 3.05) is 5.73 Å². The van der Waals surface area contributed by atoms with Gasteiger partial charge in [0.15, 0.2) is 0 Å². The first-order chi connectivity index (χ1) is 9.06. The third kappa shape index (κ3) is 2.20. The zero-order valence-corrected chi connectivity index (χ0v) is 12.6. The topological polar surface area (TPSA) is 54.7 Å². The van der Waals surface area contributed by atoms with Crippen LogP contribution < -0.4 is 5.73 Å². The van der Waals surface area contributed by atoms with E-state index >= 15 is 0 Å². The molecule has 1 aromatic heterocycles. The molecule has 0 aliphatic carbocycles. The van der Waals surface area contributed by atoms with E-state index in [-0.39, 0.29) is 0 Å². The average molecular weight is 357 g/mol. The van der Waals surface area contributed by atoms with E-state index in [0.29, 0.717) is 27.1 Å². The Kier molecular flexibility index (Phi) is 3.17. The van der Waals surface area contributed by atoms with Crippen LogP contribution in [-0.2, 0) is 0 Å². The van der Waals surface area contributed by atoms with Gasteiger partial charge in [-0.05, 0) is 40.2 Å². The van der Waals surface area contributed by atoms with Crippen LogP contribution in [0.25, 0.3) is 22.4 Å². The Morgan fingerprint density at radius 3 is 2.79 bits per heavy atom. The summed E-state index contributed by atoms with van der Waals surface area (Å²) in [6.07, 6.45) is 0. The van der Waals surface area contributed by atoms with Gasteiger partial charge in [0.05, 0.1) is 16.2 Å². The Hall–Kier alpha value is -1.23. The Balaban J connectivity index is 2.26. The van der Waals surface area contributed by atoms with E-state index in [1.165, 1.54) is 0 Å². The average Bonchev–Trinajstić information content (AvgIpc) is 2.76. The molecular formula is C13H8BrCl2N3. The number of halogens is 3. The molecule has 19 heavy (non-hydrogen) atoms. The van der Waals surface area contributed by atoms with Crippen molar-refractivity contribution in [1.82, 2.24) is 9.97 Å². The molecule has 96 valence electrons. The molecule has 0 aliphatic rings. The van der Waals surface area contributed by atoms with Gasteiger partial charge in [-0.2, -0.15) is 0 Å². The summed E-state index contributed by atoms with van der Waals surface area (Å²) in [6.45, 7) is 0. The van der Waals surface area contributed by atoms with E-state index in [1.54, 1.807) is 12.1 Å². The fourth-order valence-electron chi connectivity index (χ4n) is 1.92. The van der Waals surface area contributed by atoms with E-state index in [1.807, 2.05) is 18.2 Å². The molecule has 0 radical (unpaired) electrons. The summed E-state index contributed by atoms with van der Waals surface area (Å²) >= 11 is 15.6. The highest BCUT2D eigenvalue weighted by molar-refractivity contribution is 9.10. The van der Waals surface area contributed by atoms with Gasteiger partial charge in [0.2, 0.25) is 0 Å². The highest BCUT2D eigenvalue weighted by Gasteiger charge is 2.12. The molecule has 0 saturated heterocycles. The molecule has 0 spiro atoms. The van der Waals surface area contributed by atoms with Gasteiger partial charge in [0, 0.05) is 15.1 Å². The molecule has 0 atom stereocenters.